The number of fused-ring (bicyclic) bond motifs is 1. The zero-order valence-electron chi connectivity index (χ0n) is 14.6. The molecule has 2 aliphatic heterocycles. The Morgan fingerprint density at radius 1 is 1.23 bits per heavy atom. The monoisotopic (exact) mass is 374 g/mol. The number of nitrogens with zero attached hydrogens (tertiary/aromatic N) is 5. The molecule has 1 amide bonds. The molecular weight excluding hydrogens is 352 g/mol. The van der Waals surface area contributed by atoms with Crippen molar-refractivity contribution < 1.29 is 4.79 Å². The van der Waals surface area contributed by atoms with E-state index in [0.717, 1.165) is 0 Å². The molecule has 7 nitrogen and oxygen atoms in total. The molecule has 4 rings (SSSR count). The van der Waals surface area contributed by atoms with Gasteiger partial charge in [0.05, 0.1) is 16.3 Å². The maximum Gasteiger partial charge on any atom is 0.252 e. The molecule has 2 atom stereocenters. The van der Waals surface area contributed by atoms with E-state index in [9.17, 15) is 4.79 Å². The molecular formula is C18H23ClN6O. The molecule has 2 aliphatic rings. The van der Waals surface area contributed by atoms with E-state index in [-0.39, 0.29) is 5.91 Å². The predicted octanol–water partition coefficient (Wildman–Crippen LogP) is 2.31. The minimum atomic E-state index is -0.141. The number of piperidine rings is 2. The molecule has 0 saturated carbocycles. The zero-order chi connectivity index (χ0) is 17.9. The van der Waals surface area contributed by atoms with Gasteiger partial charge in [-0.2, -0.15) is 0 Å². The van der Waals surface area contributed by atoms with Crippen LogP contribution in [0, 0.1) is 5.92 Å². The van der Waals surface area contributed by atoms with Gasteiger partial charge in [0.2, 0.25) is 0 Å². The number of rotatable bonds is 4. The molecule has 2 saturated heterocycles. The second kappa shape index (κ2) is 7.72. The molecule has 1 aromatic heterocycles. The van der Waals surface area contributed by atoms with Crippen LogP contribution >= 0.6 is 11.6 Å². The first kappa shape index (κ1) is 17.4. The first-order valence-corrected chi connectivity index (χ1v) is 9.65. The van der Waals surface area contributed by atoms with E-state index in [1.54, 1.807) is 18.2 Å². The number of carbonyl (C=O) groups excluding carboxylic acids is 1. The summed E-state index contributed by atoms with van der Waals surface area (Å²) < 4.78 is 1.51. The lowest BCUT2D eigenvalue weighted by atomic mass is 9.83. The van der Waals surface area contributed by atoms with Gasteiger partial charge in [0.1, 0.15) is 6.33 Å². The lowest BCUT2D eigenvalue weighted by Gasteiger charge is -2.44. The number of tetrazole rings is 1. The lowest BCUT2D eigenvalue weighted by molar-refractivity contribution is 0.0575. The van der Waals surface area contributed by atoms with Crippen LogP contribution in [0.3, 0.4) is 0 Å². The van der Waals surface area contributed by atoms with Crippen molar-refractivity contribution in [2.75, 3.05) is 19.6 Å². The Hall–Kier alpha value is -1.99. The number of hydrogen-bond donors (Lipinski definition) is 1. The first-order valence-electron chi connectivity index (χ1n) is 9.27. The SMILES string of the molecule is O=C(NC[C@@H]1CCCN2CCCC[C@@H]12)c1cc(-n2cnnn2)ccc1Cl. The van der Waals surface area contributed by atoms with E-state index in [0.29, 0.717) is 34.8 Å². The summed E-state index contributed by atoms with van der Waals surface area (Å²) in [6.07, 6.45) is 7.73. The second-order valence-corrected chi connectivity index (χ2v) is 7.54. The van der Waals surface area contributed by atoms with Gasteiger partial charge in [0.25, 0.3) is 5.91 Å². The maximum atomic E-state index is 12.7. The number of halogens is 1. The fourth-order valence-electron chi connectivity index (χ4n) is 4.24. The third kappa shape index (κ3) is 3.59. The summed E-state index contributed by atoms with van der Waals surface area (Å²) in [6, 6.07) is 5.83. The van der Waals surface area contributed by atoms with E-state index in [1.165, 1.54) is 56.2 Å². The average molecular weight is 375 g/mol. The predicted molar refractivity (Wildman–Crippen MR) is 98.4 cm³/mol. The van der Waals surface area contributed by atoms with Crippen LogP contribution in [0.5, 0.6) is 0 Å². The van der Waals surface area contributed by atoms with Gasteiger partial charge in [-0.15, -0.1) is 5.10 Å². The Labute approximate surface area is 157 Å². The largest absolute Gasteiger partial charge is 0.352 e. The second-order valence-electron chi connectivity index (χ2n) is 7.13. The molecule has 0 unspecified atom stereocenters. The van der Waals surface area contributed by atoms with Crippen LogP contribution in [0.4, 0.5) is 0 Å². The van der Waals surface area contributed by atoms with Crippen LogP contribution in [0.2, 0.25) is 5.02 Å². The van der Waals surface area contributed by atoms with Crippen molar-refractivity contribution in [1.82, 2.24) is 30.4 Å². The summed E-state index contributed by atoms with van der Waals surface area (Å²) in [7, 11) is 0. The van der Waals surface area contributed by atoms with Crippen molar-refractivity contribution in [2.24, 2.45) is 5.92 Å². The quantitative estimate of drug-likeness (QED) is 0.888. The fraction of sp³-hybridized carbons (Fsp3) is 0.556. The summed E-state index contributed by atoms with van der Waals surface area (Å²) in [4.78, 5) is 15.3. The molecule has 138 valence electrons. The zero-order valence-corrected chi connectivity index (χ0v) is 15.4. The number of amides is 1. The Morgan fingerprint density at radius 3 is 2.96 bits per heavy atom. The van der Waals surface area contributed by atoms with Crippen LogP contribution < -0.4 is 5.32 Å². The highest BCUT2D eigenvalue weighted by Crippen LogP contribution is 2.30. The highest BCUT2D eigenvalue weighted by Gasteiger charge is 2.33. The highest BCUT2D eigenvalue weighted by molar-refractivity contribution is 6.33. The lowest BCUT2D eigenvalue weighted by Crippen LogP contribution is -2.51. The summed E-state index contributed by atoms with van der Waals surface area (Å²) in [5, 5.41) is 14.6. The van der Waals surface area contributed by atoms with E-state index in [4.69, 9.17) is 11.6 Å². The maximum absolute atomic E-state index is 12.7. The fourth-order valence-corrected chi connectivity index (χ4v) is 4.45. The summed E-state index contributed by atoms with van der Waals surface area (Å²) >= 11 is 6.25. The van der Waals surface area contributed by atoms with Crippen molar-refractivity contribution >= 4 is 17.5 Å². The van der Waals surface area contributed by atoms with Gasteiger partial charge in [-0.25, -0.2) is 4.68 Å². The van der Waals surface area contributed by atoms with Crippen molar-refractivity contribution in [3.8, 4) is 5.69 Å². The molecule has 26 heavy (non-hydrogen) atoms. The van der Waals surface area contributed by atoms with Crippen molar-refractivity contribution in [3.05, 3.63) is 35.1 Å². The molecule has 0 spiro atoms. The minimum absolute atomic E-state index is 0.141. The third-order valence-corrected chi connectivity index (χ3v) is 5.89. The van der Waals surface area contributed by atoms with Gasteiger partial charge in [0.15, 0.2) is 0 Å². The van der Waals surface area contributed by atoms with E-state index >= 15 is 0 Å². The molecule has 0 aliphatic carbocycles. The number of carbonyl (C=O) groups is 1. The number of nitrogens with one attached hydrogen (secondary N) is 1. The Kier molecular flexibility index (Phi) is 5.17. The van der Waals surface area contributed by atoms with Crippen LogP contribution in [0.1, 0.15) is 42.5 Å². The van der Waals surface area contributed by atoms with Crippen LogP contribution in [-0.2, 0) is 0 Å². The van der Waals surface area contributed by atoms with Crippen molar-refractivity contribution in [2.45, 2.75) is 38.1 Å². The topological polar surface area (TPSA) is 75.9 Å². The van der Waals surface area contributed by atoms with Gasteiger partial charge in [-0.3, -0.25) is 4.79 Å². The number of aromatic nitrogens is 4. The van der Waals surface area contributed by atoms with Crippen molar-refractivity contribution in [1.29, 1.82) is 0 Å². The van der Waals surface area contributed by atoms with Gasteiger partial charge in [0, 0.05) is 12.6 Å². The Morgan fingerprint density at radius 2 is 2.12 bits per heavy atom. The van der Waals surface area contributed by atoms with E-state index in [2.05, 4.69) is 25.7 Å². The van der Waals surface area contributed by atoms with E-state index < -0.39 is 0 Å². The Bertz CT molecular complexity index is 763. The molecule has 3 heterocycles. The normalized spacial score (nSPS) is 23.4. The molecule has 2 fully saturated rings. The smallest absolute Gasteiger partial charge is 0.252 e. The minimum Gasteiger partial charge on any atom is -0.352 e. The number of hydrogen-bond acceptors (Lipinski definition) is 5. The van der Waals surface area contributed by atoms with Crippen LogP contribution in [-0.4, -0.2) is 56.7 Å². The van der Waals surface area contributed by atoms with Crippen LogP contribution in [0.15, 0.2) is 24.5 Å². The number of benzene rings is 1. The molecule has 1 aromatic carbocycles. The van der Waals surface area contributed by atoms with Crippen molar-refractivity contribution in [3.63, 3.8) is 0 Å². The van der Waals surface area contributed by atoms with Crippen LogP contribution in [0.25, 0.3) is 5.69 Å². The molecule has 8 heteroatoms. The van der Waals surface area contributed by atoms with E-state index in [1.807, 2.05) is 0 Å². The average Bonchev–Trinajstić information content (AvgIpc) is 3.21. The van der Waals surface area contributed by atoms with Gasteiger partial charge >= 0.3 is 0 Å². The Balaban J connectivity index is 1.44. The summed E-state index contributed by atoms with van der Waals surface area (Å²) in [6.45, 7) is 3.11. The van der Waals surface area contributed by atoms with Gasteiger partial charge in [-0.05, 0) is 73.3 Å². The third-order valence-electron chi connectivity index (χ3n) is 5.56. The van der Waals surface area contributed by atoms with Gasteiger partial charge < -0.3 is 10.2 Å². The molecule has 1 N–H and O–H groups in total. The standard InChI is InChI=1S/C18H23ClN6O/c19-16-7-6-14(25-12-21-22-23-25)10-15(16)18(26)20-11-13-4-3-9-24-8-2-1-5-17(13)24/h6-7,10,12-13,17H,1-5,8-9,11H2,(H,20,26)/t13-,17-/m0/s1. The molecule has 2 aromatic rings. The first-order chi connectivity index (χ1) is 12.7. The summed E-state index contributed by atoms with van der Waals surface area (Å²) in [5.74, 6) is 0.382. The highest BCUT2D eigenvalue weighted by atomic mass is 35.5. The van der Waals surface area contributed by atoms with Gasteiger partial charge in [-0.1, -0.05) is 18.0 Å². The molecule has 0 radical (unpaired) electrons. The summed E-state index contributed by atoms with van der Waals surface area (Å²) in [5.41, 5.74) is 1.16. The molecule has 0 bridgehead atoms.